The molecule has 3 fully saturated rings. The van der Waals surface area contributed by atoms with Crippen molar-refractivity contribution in [3.63, 3.8) is 0 Å². The number of aromatic carboxylic acids is 1. The number of aliphatic carboxylic acids is 1. The number of hydrogen-bond acceptors (Lipinski definition) is 12. The van der Waals surface area contributed by atoms with E-state index in [0.29, 0.717) is 6.42 Å². The maximum Gasteiger partial charge on any atom is 1.00 e. The Kier molecular flexibility index (Phi) is 12.8. The number of carbonyl (C=O) groups is 5. The van der Waals surface area contributed by atoms with Crippen molar-refractivity contribution in [2.24, 2.45) is 0 Å². The third-order valence-corrected chi connectivity index (χ3v) is 11.6. The maximum atomic E-state index is 15.5. The van der Waals surface area contributed by atoms with Crippen LogP contribution in [0.2, 0.25) is 5.02 Å². The molecule has 2 saturated heterocycles. The second-order valence-corrected chi connectivity index (χ2v) is 14.8. The van der Waals surface area contributed by atoms with E-state index in [-0.39, 0.29) is 124 Å². The Morgan fingerprint density at radius 3 is 2.48 bits per heavy atom. The van der Waals surface area contributed by atoms with Crippen molar-refractivity contribution in [2.75, 3.05) is 30.3 Å². The quantitative estimate of drug-likeness (QED) is 0.147. The zero-order valence-corrected chi connectivity index (χ0v) is 34.3. The minimum Gasteiger partial charge on any atom is -0.545 e. The van der Waals surface area contributed by atoms with Crippen LogP contribution in [0.1, 0.15) is 40.5 Å². The average molecular weight is 790 g/mol. The van der Waals surface area contributed by atoms with Crippen LogP contribution in [-0.4, -0.2) is 82.2 Å². The van der Waals surface area contributed by atoms with E-state index in [1.54, 1.807) is 15.5 Å². The van der Waals surface area contributed by atoms with Gasteiger partial charge in [-0.3, -0.25) is 19.3 Å². The number of rotatable bonds is 10. The molecule has 4 aliphatic rings. The first-order valence-electron chi connectivity index (χ1n) is 15.6. The Labute approximate surface area is 352 Å². The predicted octanol–water partition coefficient (Wildman–Crippen LogP) is -5.49. The summed E-state index contributed by atoms with van der Waals surface area (Å²) >= 11 is 9.34. The van der Waals surface area contributed by atoms with E-state index in [1.807, 2.05) is 11.4 Å². The number of amides is 3. The van der Waals surface area contributed by atoms with Crippen LogP contribution in [0, 0.1) is 5.82 Å². The molecule has 0 radical (unpaired) electrons. The van der Waals surface area contributed by atoms with Crippen molar-refractivity contribution in [3.8, 4) is 0 Å². The second-order valence-electron chi connectivity index (χ2n) is 12.3. The van der Waals surface area contributed by atoms with E-state index in [0.717, 1.165) is 28.7 Å². The van der Waals surface area contributed by atoms with Crippen LogP contribution in [0.15, 0.2) is 45.8 Å². The van der Waals surface area contributed by atoms with Crippen molar-refractivity contribution < 1.29 is 102 Å². The molecule has 20 heteroatoms. The fourth-order valence-corrected chi connectivity index (χ4v) is 8.97. The molecule has 262 valence electrons. The summed E-state index contributed by atoms with van der Waals surface area (Å²) in [7, 11) is 0. The Morgan fingerprint density at radius 1 is 1.08 bits per heavy atom. The number of ether oxygens (including phenoxy) is 1. The Morgan fingerprint density at radius 2 is 1.83 bits per heavy atom. The number of nitrogens with zero attached hydrogens (tertiary/aromatic N) is 3. The van der Waals surface area contributed by atoms with Gasteiger partial charge in [0.05, 0.1) is 57.3 Å². The summed E-state index contributed by atoms with van der Waals surface area (Å²) < 4.78 is 22.4. The van der Waals surface area contributed by atoms with Crippen molar-refractivity contribution >= 4 is 81.1 Å². The first-order chi connectivity index (χ1) is 23.9. The molecule has 2 N–H and O–H groups in total. The molecule has 0 bridgehead atoms. The van der Waals surface area contributed by atoms with Crippen LogP contribution in [0.3, 0.4) is 0 Å². The Bertz CT molecular complexity index is 2060. The SMILES string of the molecule is O=C(Cc1cccs1)N[C@@H]1C(=O)N2C(C(=O)[O-])=C(COC(=O)NC3CCN(c4c(F)cc5c(=O)c(C(=O)[O-])cn(C6CC6)c5c4Cl)C3)CS[C@H]12.[Na+].[Na+]. The number of halogens is 2. The number of β-lactam (4-membered cyclic amide) rings is 1. The van der Waals surface area contributed by atoms with Crippen molar-refractivity contribution in [1.29, 1.82) is 0 Å². The monoisotopic (exact) mass is 789 g/mol. The van der Waals surface area contributed by atoms with Gasteiger partial charge in [0.1, 0.15) is 23.8 Å². The molecule has 7 rings (SSSR count). The number of fused-ring (bicyclic) bond motifs is 2. The summed E-state index contributed by atoms with van der Waals surface area (Å²) in [4.78, 5) is 78.1. The number of nitrogens with one attached hydrogen (secondary N) is 2. The van der Waals surface area contributed by atoms with Gasteiger partial charge < -0.3 is 44.6 Å². The van der Waals surface area contributed by atoms with E-state index in [9.17, 15) is 39.0 Å². The molecule has 52 heavy (non-hydrogen) atoms. The number of benzene rings is 1. The molecular weight excluding hydrogens is 763 g/mol. The van der Waals surface area contributed by atoms with Gasteiger partial charge in [-0.25, -0.2) is 9.18 Å². The van der Waals surface area contributed by atoms with E-state index in [2.05, 4.69) is 10.6 Å². The van der Waals surface area contributed by atoms with E-state index >= 15 is 4.39 Å². The van der Waals surface area contributed by atoms with Gasteiger partial charge in [0.15, 0.2) is 5.43 Å². The number of hydrogen-bond donors (Lipinski definition) is 2. The van der Waals surface area contributed by atoms with E-state index in [4.69, 9.17) is 16.3 Å². The van der Waals surface area contributed by atoms with Gasteiger partial charge in [0.2, 0.25) is 5.91 Å². The number of carboxylic acids is 2. The molecule has 0 spiro atoms. The third kappa shape index (κ3) is 7.79. The summed E-state index contributed by atoms with van der Waals surface area (Å²) in [6, 6.07) is 3.05. The van der Waals surface area contributed by atoms with E-state index < -0.39 is 70.5 Å². The normalized spacial score (nSPS) is 20.7. The smallest absolute Gasteiger partial charge is 0.545 e. The summed E-state index contributed by atoms with van der Waals surface area (Å²) in [5.74, 6) is -4.98. The molecule has 3 aromatic rings. The van der Waals surface area contributed by atoms with Crippen molar-refractivity contribution in [1.82, 2.24) is 20.1 Å². The van der Waals surface area contributed by atoms with Gasteiger partial charge in [-0.05, 0) is 36.8 Å². The van der Waals surface area contributed by atoms with Crippen LogP contribution in [-0.2, 0) is 25.5 Å². The van der Waals surface area contributed by atoms with Crippen LogP contribution in [0.25, 0.3) is 10.9 Å². The van der Waals surface area contributed by atoms with E-state index in [1.165, 1.54) is 29.3 Å². The van der Waals surface area contributed by atoms with Crippen LogP contribution in [0.5, 0.6) is 0 Å². The molecule has 1 unspecified atom stereocenters. The van der Waals surface area contributed by atoms with Crippen LogP contribution >= 0.6 is 34.7 Å². The number of alkyl carbamates (subject to hydrolysis) is 1. The summed E-state index contributed by atoms with van der Waals surface area (Å²) in [6.45, 7) is -0.0470. The minimum absolute atomic E-state index is 0. The van der Waals surface area contributed by atoms with Gasteiger partial charge >= 0.3 is 65.2 Å². The van der Waals surface area contributed by atoms with Gasteiger partial charge in [0, 0.05) is 41.5 Å². The zero-order valence-electron chi connectivity index (χ0n) is 27.9. The molecule has 1 aliphatic carbocycles. The Balaban J connectivity index is 0.00000261. The largest absolute Gasteiger partial charge is 1.00 e. The molecular formula is C32H27ClFN5Na2O9S2. The average Bonchev–Trinajstić information content (AvgIpc) is 3.60. The topological polar surface area (TPSA) is 193 Å². The number of anilines is 1. The molecule has 5 heterocycles. The predicted molar refractivity (Wildman–Crippen MR) is 176 cm³/mol. The molecule has 3 atom stereocenters. The van der Waals surface area contributed by atoms with Gasteiger partial charge in [-0.1, -0.05) is 17.7 Å². The van der Waals surface area contributed by atoms with Gasteiger partial charge in [-0.2, -0.15) is 0 Å². The number of pyridine rings is 1. The Hall–Kier alpha value is -2.61. The van der Waals surface area contributed by atoms with Crippen LogP contribution < -0.4 is 90.3 Å². The van der Waals surface area contributed by atoms with Crippen LogP contribution in [0.4, 0.5) is 14.9 Å². The molecule has 3 aliphatic heterocycles. The fraction of sp³-hybridized carbons (Fsp3) is 0.375. The molecule has 14 nitrogen and oxygen atoms in total. The second kappa shape index (κ2) is 16.4. The third-order valence-electron chi connectivity index (χ3n) is 9.02. The molecule has 3 amide bonds. The molecule has 2 aromatic heterocycles. The van der Waals surface area contributed by atoms with Gasteiger partial charge in [0.25, 0.3) is 5.91 Å². The maximum absolute atomic E-state index is 15.5. The number of thioether (sulfide) groups is 1. The molecule has 1 aromatic carbocycles. The first kappa shape index (κ1) is 40.6. The minimum atomic E-state index is -1.67. The summed E-state index contributed by atoms with van der Waals surface area (Å²) in [6.07, 6.45) is 2.24. The first-order valence-corrected chi connectivity index (χ1v) is 17.9. The standard InChI is InChI=1S/C32H29ClFN5O9S2.2Na/c33-22-25-18(27(41)19(30(43)44)11-38(25)16-3-4-16)9-20(34)26(22)37-6-5-15(10-37)35-32(47)48-12-14-13-50-29-23(28(42)39(29)24(14)31(45)46)36-21(40)8-17-2-1-7-49-17;;/h1-2,7,9,11,15-16,23,29H,3-6,8,10,12-13H2,(H,35,47)(H,36,40)(H,43,44)(H,45,46);;/q;2*+1/p-2/t15?,23-,29-;;/m1../s1. The van der Waals surface area contributed by atoms with Crippen molar-refractivity contribution in [3.05, 3.63) is 72.5 Å². The zero-order chi connectivity index (χ0) is 35.4. The number of carboxylic acid groups (broad SMARTS) is 2. The summed E-state index contributed by atoms with van der Waals surface area (Å²) in [5.41, 5.74) is -1.51. The fourth-order valence-electron chi connectivity index (χ4n) is 6.53. The summed E-state index contributed by atoms with van der Waals surface area (Å²) in [5, 5.41) is 30.0. The number of aromatic nitrogens is 1. The molecule has 1 saturated carbocycles. The number of carbonyl (C=O) groups excluding carboxylic acids is 5. The van der Waals surface area contributed by atoms with Gasteiger partial charge in [-0.15, -0.1) is 23.1 Å². The van der Waals surface area contributed by atoms with Crippen molar-refractivity contribution in [2.45, 2.75) is 49.2 Å². The number of thiophene rings is 1.